The Morgan fingerprint density at radius 1 is 1.35 bits per heavy atom. The number of carbonyl (C=O) groups is 1. The highest BCUT2D eigenvalue weighted by Crippen LogP contribution is 2.32. The summed E-state index contributed by atoms with van der Waals surface area (Å²) in [6.45, 7) is 1.91. The number of hydrogen-bond donors (Lipinski definition) is 0. The van der Waals surface area contributed by atoms with Crippen molar-refractivity contribution in [3.8, 4) is 0 Å². The maximum Gasteiger partial charge on any atom is 0.225 e. The molecule has 23 heavy (non-hydrogen) atoms. The van der Waals surface area contributed by atoms with E-state index in [0.717, 1.165) is 49.4 Å². The first-order valence-corrected chi connectivity index (χ1v) is 9.26. The fourth-order valence-corrected chi connectivity index (χ4v) is 4.44. The number of aromatic nitrogens is 2. The molecule has 1 unspecified atom stereocenters. The van der Waals surface area contributed by atoms with Crippen molar-refractivity contribution < 1.29 is 4.79 Å². The second-order valence-electron chi connectivity index (χ2n) is 6.66. The van der Waals surface area contributed by atoms with E-state index in [2.05, 4.69) is 9.88 Å². The molecule has 0 N–H and O–H groups in total. The molecule has 2 aromatic heterocycles. The fourth-order valence-electron chi connectivity index (χ4n) is 3.47. The monoisotopic (exact) mass is 330 g/mol. The molecule has 0 aromatic carbocycles. The molecule has 0 bridgehead atoms. The number of rotatable bonds is 3. The van der Waals surface area contributed by atoms with E-state index in [-0.39, 0.29) is 5.92 Å². The lowest BCUT2D eigenvalue weighted by Gasteiger charge is -2.40. The predicted octanol–water partition coefficient (Wildman–Crippen LogP) is 2.92. The van der Waals surface area contributed by atoms with Crippen LogP contribution in [0.5, 0.6) is 0 Å². The Balaban J connectivity index is 1.48. The Morgan fingerprint density at radius 3 is 2.96 bits per heavy atom. The number of fused-ring (bicyclic) bond motifs is 1. The summed E-state index contributed by atoms with van der Waals surface area (Å²) < 4.78 is 1.18. The number of piperidine rings is 1. The number of nitrogens with zero attached hydrogens (tertiary/aromatic N) is 4. The van der Waals surface area contributed by atoms with E-state index in [0.29, 0.717) is 11.9 Å². The minimum absolute atomic E-state index is 0.281. The van der Waals surface area contributed by atoms with E-state index < -0.39 is 0 Å². The minimum atomic E-state index is 0.281. The Morgan fingerprint density at radius 2 is 2.22 bits per heavy atom. The van der Waals surface area contributed by atoms with Crippen LogP contribution in [0.2, 0.25) is 0 Å². The van der Waals surface area contributed by atoms with Gasteiger partial charge in [-0.3, -0.25) is 9.78 Å². The number of pyridine rings is 1. The van der Waals surface area contributed by atoms with Crippen LogP contribution in [-0.2, 0) is 4.79 Å². The standard InChI is InChI=1S/C17H22N4OS/c1-20(16(22)12-4-2-5-12)13-6-3-9-21(11-13)17-19-14-10-18-8-7-15(14)23-17/h7-8,10,12-13H,2-6,9,11H2,1H3. The number of likely N-dealkylation sites (N-methyl/N-ethyl adjacent to an activating group) is 1. The molecule has 1 saturated heterocycles. The van der Waals surface area contributed by atoms with Gasteiger partial charge in [0.25, 0.3) is 0 Å². The van der Waals surface area contributed by atoms with Crippen molar-refractivity contribution in [2.24, 2.45) is 5.92 Å². The van der Waals surface area contributed by atoms with Crippen LogP contribution in [-0.4, -0.2) is 47.0 Å². The smallest absolute Gasteiger partial charge is 0.225 e. The zero-order valence-electron chi connectivity index (χ0n) is 13.4. The Hall–Kier alpha value is -1.69. The Labute approximate surface area is 140 Å². The van der Waals surface area contributed by atoms with E-state index >= 15 is 0 Å². The first-order chi connectivity index (χ1) is 11.2. The van der Waals surface area contributed by atoms with E-state index in [1.165, 1.54) is 11.1 Å². The van der Waals surface area contributed by atoms with Crippen molar-refractivity contribution in [2.75, 3.05) is 25.0 Å². The van der Waals surface area contributed by atoms with Crippen molar-refractivity contribution in [1.29, 1.82) is 0 Å². The predicted molar refractivity (Wildman–Crippen MR) is 92.8 cm³/mol. The summed E-state index contributed by atoms with van der Waals surface area (Å²) >= 11 is 1.72. The van der Waals surface area contributed by atoms with Crippen LogP contribution < -0.4 is 4.90 Å². The number of amides is 1. The average Bonchev–Trinajstić information content (AvgIpc) is 2.96. The fraction of sp³-hybridized carbons (Fsp3) is 0.588. The lowest BCUT2D eigenvalue weighted by molar-refractivity contribution is -0.139. The van der Waals surface area contributed by atoms with Gasteiger partial charge < -0.3 is 9.80 Å². The SMILES string of the molecule is CN(C(=O)C1CCC1)C1CCCN(c2nc3cnccc3s2)C1. The summed E-state index contributed by atoms with van der Waals surface area (Å²) in [7, 11) is 1.98. The molecule has 2 fully saturated rings. The van der Waals surface area contributed by atoms with Gasteiger partial charge in [0, 0.05) is 38.3 Å². The summed E-state index contributed by atoms with van der Waals surface area (Å²) in [4.78, 5) is 25.7. The zero-order valence-corrected chi connectivity index (χ0v) is 14.3. The molecule has 5 nitrogen and oxygen atoms in total. The molecule has 1 aliphatic heterocycles. The van der Waals surface area contributed by atoms with Gasteiger partial charge in [0.15, 0.2) is 5.13 Å². The maximum atomic E-state index is 12.5. The highest BCUT2D eigenvalue weighted by molar-refractivity contribution is 7.22. The molecule has 2 aromatic rings. The van der Waals surface area contributed by atoms with Crippen LogP contribution in [0, 0.1) is 5.92 Å². The third-order valence-corrected chi connectivity index (χ3v) is 6.29. The van der Waals surface area contributed by atoms with Gasteiger partial charge >= 0.3 is 0 Å². The van der Waals surface area contributed by atoms with Gasteiger partial charge in [-0.1, -0.05) is 17.8 Å². The summed E-state index contributed by atoms with van der Waals surface area (Å²) in [6.07, 6.45) is 9.20. The topological polar surface area (TPSA) is 49.3 Å². The first kappa shape index (κ1) is 14.9. The number of thiazole rings is 1. The van der Waals surface area contributed by atoms with Crippen molar-refractivity contribution in [2.45, 2.75) is 38.1 Å². The molecule has 1 amide bonds. The lowest BCUT2D eigenvalue weighted by atomic mass is 9.84. The molecule has 0 spiro atoms. The molecule has 122 valence electrons. The molecule has 1 saturated carbocycles. The molecule has 6 heteroatoms. The molecular weight excluding hydrogens is 308 g/mol. The molecule has 0 radical (unpaired) electrons. The van der Waals surface area contributed by atoms with Crippen LogP contribution >= 0.6 is 11.3 Å². The number of carbonyl (C=O) groups excluding carboxylic acids is 1. The Kier molecular flexibility index (Phi) is 3.93. The average molecular weight is 330 g/mol. The summed E-state index contributed by atoms with van der Waals surface area (Å²) in [5.41, 5.74) is 0.966. The molecule has 3 heterocycles. The van der Waals surface area contributed by atoms with Crippen molar-refractivity contribution in [1.82, 2.24) is 14.9 Å². The third kappa shape index (κ3) is 2.80. The molecular formula is C17H22N4OS. The van der Waals surface area contributed by atoms with E-state index in [4.69, 9.17) is 4.98 Å². The zero-order chi connectivity index (χ0) is 15.8. The van der Waals surface area contributed by atoms with E-state index in [9.17, 15) is 4.79 Å². The molecule has 1 aliphatic carbocycles. The van der Waals surface area contributed by atoms with Gasteiger partial charge in [-0.25, -0.2) is 4.98 Å². The first-order valence-electron chi connectivity index (χ1n) is 8.44. The summed E-state index contributed by atoms with van der Waals surface area (Å²) in [5, 5.41) is 1.06. The second kappa shape index (κ2) is 6.07. The lowest BCUT2D eigenvalue weighted by Crippen LogP contribution is -2.50. The summed E-state index contributed by atoms with van der Waals surface area (Å²) in [5.74, 6) is 0.625. The molecule has 4 rings (SSSR count). The van der Waals surface area contributed by atoms with Gasteiger partial charge in [-0.2, -0.15) is 0 Å². The highest BCUT2D eigenvalue weighted by Gasteiger charge is 2.33. The Bertz CT molecular complexity index is 678. The van der Waals surface area contributed by atoms with Crippen LogP contribution in [0.25, 0.3) is 10.2 Å². The van der Waals surface area contributed by atoms with Crippen LogP contribution in [0.15, 0.2) is 18.5 Å². The van der Waals surface area contributed by atoms with Crippen LogP contribution in [0.1, 0.15) is 32.1 Å². The quantitative estimate of drug-likeness (QED) is 0.868. The van der Waals surface area contributed by atoms with Gasteiger partial charge in [-0.15, -0.1) is 0 Å². The second-order valence-corrected chi connectivity index (χ2v) is 7.67. The van der Waals surface area contributed by atoms with Crippen molar-refractivity contribution >= 4 is 32.6 Å². The largest absolute Gasteiger partial charge is 0.346 e. The van der Waals surface area contributed by atoms with Gasteiger partial charge in [0.2, 0.25) is 5.91 Å². The van der Waals surface area contributed by atoms with E-state index in [1.807, 2.05) is 30.4 Å². The minimum Gasteiger partial charge on any atom is -0.346 e. The summed E-state index contributed by atoms with van der Waals surface area (Å²) in [6, 6.07) is 2.33. The third-order valence-electron chi connectivity index (χ3n) is 5.20. The van der Waals surface area contributed by atoms with Gasteiger partial charge in [-0.05, 0) is 31.7 Å². The van der Waals surface area contributed by atoms with Gasteiger partial charge in [0.1, 0.15) is 5.52 Å². The normalized spacial score (nSPS) is 22.1. The van der Waals surface area contributed by atoms with Crippen LogP contribution in [0.4, 0.5) is 5.13 Å². The molecule has 2 aliphatic rings. The van der Waals surface area contributed by atoms with Gasteiger partial charge in [0.05, 0.1) is 10.9 Å². The van der Waals surface area contributed by atoms with Crippen LogP contribution in [0.3, 0.4) is 0 Å². The number of anilines is 1. The van der Waals surface area contributed by atoms with E-state index in [1.54, 1.807) is 11.3 Å². The van der Waals surface area contributed by atoms with Crippen molar-refractivity contribution in [3.63, 3.8) is 0 Å². The molecule has 1 atom stereocenters. The maximum absolute atomic E-state index is 12.5. The number of hydrogen-bond acceptors (Lipinski definition) is 5. The highest BCUT2D eigenvalue weighted by atomic mass is 32.1. The van der Waals surface area contributed by atoms with Crippen molar-refractivity contribution in [3.05, 3.63) is 18.5 Å².